The van der Waals surface area contributed by atoms with Crippen LogP contribution in [0, 0.1) is 16.0 Å². The number of benzene rings is 1. The highest BCUT2D eigenvalue weighted by molar-refractivity contribution is 6.32. The fourth-order valence-electron chi connectivity index (χ4n) is 3.73. The van der Waals surface area contributed by atoms with Gasteiger partial charge >= 0.3 is 0 Å². The SMILES string of the molecule is Cl.Cl.O=[N+]([O-])c1ccc(Cl)c(O)c1[C@@H](C1CCOCC1)N1CCNCC1. The van der Waals surface area contributed by atoms with E-state index in [0.717, 1.165) is 39.0 Å². The molecule has 0 unspecified atom stereocenters. The molecule has 26 heavy (non-hydrogen) atoms. The molecule has 0 radical (unpaired) electrons. The molecule has 3 rings (SSSR count). The van der Waals surface area contributed by atoms with Gasteiger partial charge in [0.05, 0.1) is 15.5 Å². The van der Waals surface area contributed by atoms with Crippen molar-refractivity contribution >= 4 is 42.1 Å². The first-order chi connectivity index (χ1) is 11.6. The summed E-state index contributed by atoms with van der Waals surface area (Å²) in [6.07, 6.45) is 1.63. The molecule has 7 nitrogen and oxygen atoms in total. The first-order valence-corrected chi connectivity index (χ1v) is 8.65. The molecule has 2 aliphatic heterocycles. The average Bonchev–Trinajstić information content (AvgIpc) is 2.60. The summed E-state index contributed by atoms with van der Waals surface area (Å²) in [5.74, 6) is 0.0285. The third-order valence-corrected chi connectivity index (χ3v) is 5.20. The minimum Gasteiger partial charge on any atom is -0.506 e. The molecule has 0 aliphatic carbocycles. The number of halogens is 3. The van der Waals surface area contributed by atoms with Crippen molar-refractivity contribution in [1.82, 2.24) is 10.2 Å². The zero-order chi connectivity index (χ0) is 17.1. The second-order valence-electron chi connectivity index (χ2n) is 6.27. The highest BCUT2D eigenvalue weighted by Crippen LogP contribution is 2.46. The van der Waals surface area contributed by atoms with Crippen LogP contribution in [0.4, 0.5) is 5.69 Å². The Morgan fingerprint density at radius 1 is 1.27 bits per heavy atom. The maximum Gasteiger partial charge on any atom is 0.278 e. The van der Waals surface area contributed by atoms with E-state index in [0.29, 0.717) is 18.8 Å². The van der Waals surface area contributed by atoms with Crippen LogP contribution in [-0.2, 0) is 4.74 Å². The molecule has 148 valence electrons. The summed E-state index contributed by atoms with van der Waals surface area (Å²) in [5, 5.41) is 25.6. The van der Waals surface area contributed by atoms with Crippen LogP contribution in [0.25, 0.3) is 0 Å². The summed E-state index contributed by atoms with van der Waals surface area (Å²) in [4.78, 5) is 13.3. The molecule has 1 aromatic carbocycles. The van der Waals surface area contributed by atoms with Gasteiger partial charge in [-0.1, -0.05) is 11.6 Å². The van der Waals surface area contributed by atoms with Crippen LogP contribution in [0.3, 0.4) is 0 Å². The number of piperazine rings is 1. The molecule has 0 aromatic heterocycles. The molecular weight excluding hydrogens is 405 g/mol. The summed E-state index contributed by atoms with van der Waals surface area (Å²) in [5.41, 5.74) is 0.285. The smallest absolute Gasteiger partial charge is 0.278 e. The molecule has 2 heterocycles. The molecule has 2 saturated heterocycles. The van der Waals surface area contributed by atoms with Gasteiger partial charge in [-0.3, -0.25) is 15.0 Å². The lowest BCUT2D eigenvalue weighted by atomic mass is 9.84. The van der Waals surface area contributed by atoms with Crippen LogP contribution in [0.2, 0.25) is 5.02 Å². The second-order valence-corrected chi connectivity index (χ2v) is 6.67. The largest absolute Gasteiger partial charge is 0.506 e. The molecule has 2 N–H and O–H groups in total. The summed E-state index contributed by atoms with van der Waals surface area (Å²) in [6.45, 7) is 4.50. The Morgan fingerprint density at radius 2 is 1.88 bits per heavy atom. The van der Waals surface area contributed by atoms with Crippen molar-refractivity contribution in [3.05, 3.63) is 32.8 Å². The number of nitro groups is 1. The van der Waals surface area contributed by atoms with Crippen molar-refractivity contribution in [2.24, 2.45) is 5.92 Å². The van der Waals surface area contributed by atoms with E-state index < -0.39 is 4.92 Å². The van der Waals surface area contributed by atoms with Gasteiger partial charge < -0.3 is 15.2 Å². The Bertz CT molecular complexity index is 591. The Labute approximate surface area is 170 Å². The summed E-state index contributed by atoms with van der Waals surface area (Å²) < 4.78 is 5.45. The molecular formula is C16H24Cl3N3O4. The van der Waals surface area contributed by atoms with Gasteiger partial charge in [-0.05, 0) is 24.8 Å². The number of hydrogen-bond donors (Lipinski definition) is 2. The molecule has 1 aromatic rings. The van der Waals surface area contributed by atoms with Crippen LogP contribution >= 0.6 is 36.4 Å². The molecule has 2 aliphatic rings. The van der Waals surface area contributed by atoms with Crippen LogP contribution in [0.5, 0.6) is 5.75 Å². The Balaban J connectivity index is 0.00000169. The van der Waals surface area contributed by atoms with E-state index in [4.69, 9.17) is 16.3 Å². The van der Waals surface area contributed by atoms with Crippen LogP contribution in [0.1, 0.15) is 24.4 Å². The van der Waals surface area contributed by atoms with E-state index in [1.807, 2.05) is 0 Å². The Morgan fingerprint density at radius 3 is 2.46 bits per heavy atom. The van der Waals surface area contributed by atoms with Crippen LogP contribution < -0.4 is 5.32 Å². The van der Waals surface area contributed by atoms with E-state index in [9.17, 15) is 15.2 Å². The lowest BCUT2D eigenvalue weighted by Gasteiger charge is -2.41. The Hall–Kier alpha value is -0.830. The van der Waals surface area contributed by atoms with E-state index in [-0.39, 0.29) is 53.2 Å². The first kappa shape index (κ1) is 23.2. The van der Waals surface area contributed by atoms with Gasteiger partial charge in [-0.2, -0.15) is 0 Å². The number of nitro benzene ring substituents is 1. The van der Waals surface area contributed by atoms with Crippen LogP contribution in [-0.4, -0.2) is 54.3 Å². The maximum absolute atomic E-state index is 11.6. The lowest BCUT2D eigenvalue weighted by molar-refractivity contribution is -0.386. The summed E-state index contributed by atoms with van der Waals surface area (Å²) in [6, 6.07) is 2.55. The number of phenols is 1. The van der Waals surface area contributed by atoms with Gasteiger partial charge in [0.15, 0.2) is 0 Å². The van der Waals surface area contributed by atoms with Gasteiger partial charge in [0.25, 0.3) is 5.69 Å². The van der Waals surface area contributed by atoms with Crippen molar-refractivity contribution in [2.45, 2.75) is 18.9 Å². The van der Waals surface area contributed by atoms with Crippen molar-refractivity contribution in [2.75, 3.05) is 39.4 Å². The second kappa shape index (κ2) is 10.5. The fraction of sp³-hybridized carbons (Fsp3) is 0.625. The zero-order valence-electron chi connectivity index (χ0n) is 14.2. The normalized spacial score (nSPS) is 19.9. The third-order valence-electron chi connectivity index (χ3n) is 4.89. The quantitative estimate of drug-likeness (QED) is 0.566. The predicted molar refractivity (Wildman–Crippen MR) is 105 cm³/mol. The zero-order valence-corrected chi connectivity index (χ0v) is 16.6. The summed E-state index contributed by atoms with van der Waals surface area (Å²) >= 11 is 6.08. The highest BCUT2D eigenvalue weighted by atomic mass is 35.5. The topological polar surface area (TPSA) is 87.9 Å². The van der Waals surface area contributed by atoms with Crippen molar-refractivity contribution in [1.29, 1.82) is 0 Å². The minimum absolute atomic E-state index is 0. The van der Waals surface area contributed by atoms with Gasteiger partial charge in [0.1, 0.15) is 5.75 Å². The molecule has 2 fully saturated rings. The third kappa shape index (κ3) is 4.91. The van der Waals surface area contributed by atoms with E-state index >= 15 is 0 Å². The number of phenolic OH excluding ortho intramolecular Hbond substituents is 1. The number of nitrogens with zero attached hydrogens (tertiary/aromatic N) is 2. The number of hydrogen-bond acceptors (Lipinski definition) is 6. The molecule has 1 atom stereocenters. The summed E-state index contributed by atoms with van der Waals surface area (Å²) in [7, 11) is 0. The number of aromatic hydroxyl groups is 1. The molecule has 0 amide bonds. The lowest BCUT2D eigenvalue weighted by Crippen LogP contribution is -2.47. The van der Waals surface area contributed by atoms with Crippen molar-refractivity contribution < 1.29 is 14.8 Å². The van der Waals surface area contributed by atoms with E-state index in [2.05, 4.69) is 10.2 Å². The van der Waals surface area contributed by atoms with Gasteiger partial charge in [-0.25, -0.2) is 0 Å². The minimum atomic E-state index is -0.431. The maximum atomic E-state index is 11.6. The monoisotopic (exact) mass is 427 g/mol. The first-order valence-electron chi connectivity index (χ1n) is 8.28. The number of rotatable bonds is 4. The van der Waals surface area contributed by atoms with Crippen molar-refractivity contribution in [3.63, 3.8) is 0 Å². The van der Waals surface area contributed by atoms with Gasteiger partial charge in [0, 0.05) is 51.5 Å². The standard InChI is InChI=1S/C16H22ClN3O4.2ClH/c17-12-1-2-13(20(22)23)14(16(12)21)15(11-3-9-24-10-4-11)19-7-5-18-6-8-19;;/h1-2,11,15,18,21H,3-10H2;2*1H/t15-;;/m1../s1. The molecule has 0 saturated carbocycles. The highest BCUT2D eigenvalue weighted by Gasteiger charge is 2.38. The number of nitrogens with one attached hydrogen (secondary N) is 1. The van der Waals surface area contributed by atoms with E-state index in [1.165, 1.54) is 12.1 Å². The van der Waals surface area contributed by atoms with Crippen molar-refractivity contribution in [3.8, 4) is 5.75 Å². The predicted octanol–water partition coefficient (Wildman–Crippen LogP) is 3.17. The van der Waals surface area contributed by atoms with Gasteiger partial charge in [-0.15, -0.1) is 24.8 Å². The average molecular weight is 429 g/mol. The number of ether oxygens (including phenoxy) is 1. The van der Waals surface area contributed by atoms with Crippen LogP contribution in [0.15, 0.2) is 12.1 Å². The fourth-order valence-corrected chi connectivity index (χ4v) is 3.89. The molecule has 0 spiro atoms. The molecule has 0 bridgehead atoms. The van der Waals surface area contributed by atoms with Gasteiger partial charge in [0.2, 0.25) is 0 Å². The Kier molecular flexibility index (Phi) is 9.36. The molecule has 10 heteroatoms. The van der Waals surface area contributed by atoms with E-state index in [1.54, 1.807) is 0 Å².